The zero-order valence-electron chi connectivity index (χ0n) is 13.5. The van der Waals surface area contributed by atoms with Crippen molar-refractivity contribution < 1.29 is 13.9 Å². The second kappa shape index (κ2) is 6.88. The third-order valence-corrected chi connectivity index (χ3v) is 4.06. The highest BCUT2D eigenvalue weighted by molar-refractivity contribution is 6.05. The van der Waals surface area contributed by atoms with E-state index in [1.807, 2.05) is 19.1 Å². The van der Waals surface area contributed by atoms with Crippen molar-refractivity contribution in [2.75, 3.05) is 42.3 Å². The van der Waals surface area contributed by atoms with E-state index in [0.29, 0.717) is 24.6 Å². The summed E-state index contributed by atoms with van der Waals surface area (Å²) in [5.74, 6) is -0.791. The number of halogens is 1. The number of hydrogen-bond acceptors (Lipinski definition) is 4. The number of amides is 1. The number of carbonyl (C=O) groups is 1. The Kier molecular flexibility index (Phi) is 4.66. The number of hydrogen-bond donors (Lipinski definition) is 2. The lowest BCUT2D eigenvalue weighted by Gasteiger charge is -2.30. The normalized spacial score (nSPS) is 14.5. The number of benzene rings is 2. The van der Waals surface area contributed by atoms with Crippen molar-refractivity contribution in [3.05, 3.63) is 53.3 Å². The van der Waals surface area contributed by atoms with Crippen LogP contribution < -0.4 is 16.0 Å². The first-order chi connectivity index (χ1) is 11.5. The van der Waals surface area contributed by atoms with Crippen molar-refractivity contribution in [2.24, 2.45) is 0 Å². The molecular weight excluding hydrogens is 309 g/mol. The van der Waals surface area contributed by atoms with Crippen molar-refractivity contribution in [3.63, 3.8) is 0 Å². The molecule has 1 amide bonds. The number of nitrogens with one attached hydrogen (secondary N) is 1. The zero-order valence-corrected chi connectivity index (χ0v) is 13.5. The van der Waals surface area contributed by atoms with Gasteiger partial charge in [0.15, 0.2) is 0 Å². The number of ether oxygens (including phenoxy) is 1. The quantitative estimate of drug-likeness (QED) is 0.850. The van der Waals surface area contributed by atoms with E-state index in [9.17, 15) is 9.18 Å². The number of nitrogen functional groups attached to an aromatic ring is 1. The van der Waals surface area contributed by atoms with E-state index in [-0.39, 0.29) is 11.5 Å². The van der Waals surface area contributed by atoms with Crippen molar-refractivity contribution >= 4 is 23.0 Å². The summed E-state index contributed by atoms with van der Waals surface area (Å²) < 4.78 is 18.7. The first-order valence-corrected chi connectivity index (χ1v) is 7.84. The van der Waals surface area contributed by atoms with Gasteiger partial charge in [-0.3, -0.25) is 4.79 Å². The minimum absolute atomic E-state index is 0.277. The lowest BCUT2D eigenvalue weighted by Crippen LogP contribution is -2.36. The SMILES string of the molecule is Cc1cc(N)c(N2CCOCC2)cc1NC(=O)c1cccc(F)c1. The van der Waals surface area contributed by atoms with Gasteiger partial charge in [-0.05, 0) is 42.8 Å². The average Bonchev–Trinajstić information content (AvgIpc) is 2.58. The molecule has 0 aliphatic carbocycles. The molecule has 2 aromatic rings. The fraction of sp³-hybridized carbons (Fsp3) is 0.278. The van der Waals surface area contributed by atoms with E-state index in [1.54, 1.807) is 6.07 Å². The van der Waals surface area contributed by atoms with Crippen molar-refractivity contribution in [1.82, 2.24) is 0 Å². The number of rotatable bonds is 3. The molecule has 1 heterocycles. The molecule has 126 valence electrons. The van der Waals surface area contributed by atoms with E-state index in [1.165, 1.54) is 18.2 Å². The zero-order chi connectivity index (χ0) is 17.1. The summed E-state index contributed by atoms with van der Waals surface area (Å²) in [6.07, 6.45) is 0. The number of nitrogens with zero attached hydrogens (tertiary/aromatic N) is 1. The second-order valence-electron chi connectivity index (χ2n) is 5.79. The molecule has 5 nitrogen and oxygen atoms in total. The Morgan fingerprint density at radius 1 is 1.25 bits per heavy atom. The summed E-state index contributed by atoms with van der Waals surface area (Å²) in [5.41, 5.74) is 9.48. The summed E-state index contributed by atoms with van der Waals surface area (Å²) in [4.78, 5) is 14.5. The Morgan fingerprint density at radius 2 is 2.00 bits per heavy atom. The highest BCUT2D eigenvalue weighted by atomic mass is 19.1. The molecular formula is C18H20FN3O2. The molecule has 1 fully saturated rings. The molecule has 24 heavy (non-hydrogen) atoms. The number of morpholine rings is 1. The molecule has 0 saturated carbocycles. The van der Waals surface area contributed by atoms with E-state index in [2.05, 4.69) is 10.2 Å². The van der Waals surface area contributed by atoms with Gasteiger partial charge >= 0.3 is 0 Å². The Labute approximate surface area is 140 Å². The van der Waals surface area contributed by atoms with Crippen LogP contribution in [0.3, 0.4) is 0 Å². The van der Waals surface area contributed by atoms with Crippen LogP contribution in [0.5, 0.6) is 0 Å². The summed E-state index contributed by atoms with van der Waals surface area (Å²) in [5, 5.41) is 2.84. The standard InChI is InChI=1S/C18H20FN3O2/c1-12-9-15(20)17(22-5-7-24-8-6-22)11-16(12)21-18(23)13-3-2-4-14(19)10-13/h2-4,9-11H,5-8,20H2,1H3,(H,21,23). The van der Waals surface area contributed by atoms with Gasteiger partial charge in [-0.25, -0.2) is 4.39 Å². The summed E-state index contributed by atoms with van der Waals surface area (Å²) in [7, 11) is 0. The van der Waals surface area contributed by atoms with Gasteiger partial charge in [0, 0.05) is 24.3 Å². The van der Waals surface area contributed by atoms with Crippen molar-refractivity contribution in [3.8, 4) is 0 Å². The van der Waals surface area contributed by atoms with E-state index in [0.717, 1.165) is 24.3 Å². The molecule has 0 spiro atoms. The molecule has 0 unspecified atom stereocenters. The monoisotopic (exact) mass is 329 g/mol. The molecule has 1 aliphatic heterocycles. The summed E-state index contributed by atoms with van der Waals surface area (Å²) >= 11 is 0. The molecule has 1 aliphatic rings. The van der Waals surface area contributed by atoms with E-state index < -0.39 is 5.82 Å². The maximum absolute atomic E-state index is 13.3. The lowest BCUT2D eigenvalue weighted by molar-refractivity contribution is 0.102. The van der Waals surface area contributed by atoms with Gasteiger partial charge in [0.2, 0.25) is 0 Å². The molecule has 3 rings (SSSR count). The van der Waals surface area contributed by atoms with Crippen LogP contribution in [0.15, 0.2) is 36.4 Å². The third-order valence-electron chi connectivity index (χ3n) is 4.06. The van der Waals surface area contributed by atoms with Crippen LogP contribution in [-0.4, -0.2) is 32.2 Å². The smallest absolute Gasteiger partial charge is 0.255 e. The molecule has 0 bridgehead atoms. The van der Waals surface area contributed by atoms with Crippen LogP contribution in [0.1, 0.15) is 15.9 Å². The third kappa shape index (κ3) is 3.49. The Morgan fingerprint density at radius 3 is 2.71 bits per heavy atom. The summed E-state index contributed by atoms with van der Waals surface area (Å²) in [6.45, 7) is 4.69. The lowest BCUT2D eigenvalue weighted by atomic mass is 10.1. The molecule has 6 heteroatoms. The van der Waals surface area contributed by atoms with Crippen molar-refractivity contribution in [2.45, 2.75) is 6.92 Å². The van der Waals surface area contributed by atoms with Crippen LogP contribution in [0, 0.1) is 12.7 Å². The van der Waals surface area contributed by atoms with E-state index in [4.69, 9.17) is 10.5 Å². The fourth-order valence-corrected chi connectivity index (χ4v) is 2.76. The molecule has 0 radical (unpaired) electrons. The Hall–Kier alpha value is -2.60. The highest BCUT2D eigenvalue weighted by Gasteiger charge is 2.17. The van der Waals surface area contributed by atoms with Gasteiger partial charge in [0.1, 0.15) is 5.82 Å². The fourth-order valence-electron chi connectivity index (χ4n) is 2.76. The van der Waals surface area contributed by atoms with Gasteiger partial charge in [0.25, 0.3) is 5.91 Å². The maximum Gasteiger partial charge on any atom is 0.255 e. The number of nitrogens with two attached hydrogens (primary N) is 1. The van der Waals surface area contributed by atoms with Crippen LogP contribution in [-0.2, 0) is 4.74 Å². The average molecular weight is 329 g/mol. The van der Waals surface area contributed by atoms with Gasteiger partial charge in [-0.2, -0.15) is 0 Å². The van der Waals surface area contributed by atoms with E-state index >= 15 is 0 Å². The Balaban J connectivity index is 1.86. The number of carbonyl (C=O) groups excluding carboxylic acids is 1. The predicted octanol–water partition coefficient (Wildman–Crippen LogP) is 2.81. The number of anilines is 3. The predicted molar refractivity (Wildman–Crippen MR) is 93.0 cm³/mol. The van der Waals surface area contributed by atoms with Gasteiger partial charge in [-0.15, -0.1) is 0 Å². The van der Waals surface area contributed by atoms with Crippen LogP contribution >= 0.6 is 0 Å². The van der Waals surface area contributed by atoms with Gasteiger partial charge in [-0.1, -0.05) is 6.07 Å². The minimum Gasteiger partial charge on any atom is -0.397 e. The summed E-state index contributed by atoms with van der Waals surface area (Å²) in [6, 6.07) is 9.32. The first kappa shape index (κ1) is 16.3. The molecule has 0 aromatic heterocycles. The van der Waals surface area contributed by atoms with Gasteiger partial charge < -0.3 is 20.7 Å². The topological polar surface area (TPSA) is 67.6 Å². The maximum atomic E-state index is 13.3. The van der Waals surface area contributed by atoms with Crippen LogP contribution in [0.4, 0.5) is 21.5 Å². The minimum atomic E-state index is -0.439. The molecule has 1 saturated heterocycles. The van der Waals surface area contributed by atoms with Crippen molar-refractivity contribution in [1.29, 1.82) is 0 Å². The number of aryl methyl sites for hydroxylation is 1. The van der Waals surface area contributed by atoms with Gasteiger partial charge in [0.05, 0.1) is 24.6 Å². The second-order valence-corrected chi connectivity index (χ2v) is 5.79. The molecule has 3 N–H and O–H groups in total. The largest absolute Gasteiger partial charge is 0.397 e. The first-order valence-electron chi connectivity index (χ1n) is 7.84. The molecule has 0 atom stereocenters. The van der Waals surface area contributed by atoms with Crippen LogP contribution in [0.25, 0.3) is 0 Å². The molecule has 2 aromatic carbocycles. The van der Waals surface area contributed by atoms with Crippen LogP contribution in [0.2, 0.25) is 0 Å². The highest BCUT2D eigenvalue weighted by Crippen LogP contribution is 2.31. The Bertz CT molecular complexity index is 758.